The quantitative estimate of drug-likeness (QED) is 0.269. The molecule has 11 heteroatoms. The number of sulfone groups is 1. The van der Waals surface area contributed by atoms with E-state index in [1.165, 1.54) is 0 Å². The molecule has 4 rings (SSSR count). The van der Waals surface area contributed by atoms with E-state index in [0.717, 1.165) is 76.2 Å². The van der Waals surface area contributed by atoms with Gasteiger partial charge in [-0.15, -0.1) is 0 Å². The normalized spacial score (nSPS) is 22.3. The minimum atomic E-state index is -6.71. The highest BCUT2D eigenvalue weighted by molar-refractivity contribution is 7.94. The van der Waals surface area contributed by atoms with E-state index >= 15 is 8.78 Å². The smallest absolute Gasteiger partial charge is 0.281 e. The first-order valence-electron chi connectivity index (χ1n) is 13.4. The van der Waals surface area contributed by atoms with E-state index in [1.807, 2.05) is 0 Å². The first-order valence-corrected chi connectivity index (χ1v) is 16.4. The van der Waals surface area contributed by atoms with Gasteiger partial charge in [0, 0.05) is 0 Å². The molecule has 0 amide bonds. The van der Waals surface area contributed by atoms with E-state index < -0.39 is 47.2 Å². The number of hydrogen-bond acceptors (Lipinski definition) is 4. The van der Waals surface area contributed by atoms with Crippen molar-refractivity contribution >= 4 is 20.0 Å². The van der Waals surface area contributed by atoms with E-state index in [-0.39, 0.29) is 17.0 Å². The molecule has 0 radical (unpaired) electrons. The lowest BCUT2D eigenvalue weighted by atomic mass is 9.76. The fraction of sp³-hybridized carbons (Fsp3) is 0.769. The minimum absolute atomic E-state index is 0.120. The van der Waals surface area contributed by atoms with Crippen LogP contribution in [0.5, 0.6) is 0 Å². The van der Waals surface area contributed by atoms with Crippen LogP contribution in [0.25, 0.3) is 0 Å². The van der Waals surface area contributed by atoms with Crippen molar-refractivity contribution in [2.45, 2.75) is 129 Å². The minimum Gasteiger partial charge on any atom is -0.281 e. The molecule has 0 unspecified atom stereocenters. The maximum absolute atomic E-state index is 15.2. The van der Waals surface area contributed by atoms with Crippen LogP contribution in [0.3, 0.4) is 0 Å². The molecule has 3 aliphatic carbocycles. The fourth-order valence-electron chi connectivity index (χ4n) is 6.55. The molecule has 0 aliphatic heterocycles. The molecule has 0 saturated heterocycles. The third kappa shape index (κ3) is 5.33. The molecule has 5 nitrogen and oxygen atoms in total. The van der Waals surface area contributed by atoms with Gasteiger partial charge in [0.1, 0.15) is 0 Å². The van der Waals surface area contributed by atoms with Gasteiger partial charge >= 0.3 is 20.6 Å². The van der Waals surface area contributed by atoms with Gasteiger partial charge in [-0.05, 0) is 73.0 Å². The van der Waals surface area contributed by atoms with Gasteiger partial charge < -0.3 is 0 Å². The van der Waals surface area contributed by atoms with Gasteiger partial charge in [-0.3, -0.25) is 4.55 Å². The summed E-state index contributed by atoms with van der Waals surface area (Å²) in [7, 11) is -12.9. The Morgan fingerprint density at radius 3 is 1.30 bits per heavy atom. The van der Waals surface area contributed by atoms with Crippen LogP contribution >= 0.6 is 0 Å². The van der Waals surface area contributed by atoms with Crippen LogP contribution in [0, 0.1) is 0 Å². The van der Waals surface area contributed by atoms with Crippen molar-refractivity contribution in [1.82, 2.24) is 0 Å². The molecule has 0 atom stereocenters. The summed E-state index contributed by atoms with van der Waals surface area (Å²) in [6.45, 7) is 0. The predicted octanol–water partition coefficient (Wildman–Crippen LogP) is 7.68. The molecule has 0 bridgehead atoms. The van der Waals surface area contributed by atoms with E-state index in [4.69, 9.17) is 4.55 Å². The van der Waals surface area contributed by atoms with Crippen LogP contribution in [0.15, 0.2) is 17.0 Å². The Labute approximate surface area is 217 Å². The van der Waals surface area contributed by atoms with Crippen LogP contribution < -0.4 is 0 Å². The fourth-order valence-corrected chi connectivity index (χ4v) is 9.14. The van der Waals surface area contributed by atoms with Gasteiger partial charge in [-0.1, -0.05) is 69.9 Å². The third-order valence-corrected chi connectivity index (χ3v) is 11.6. The summed E-state index contributed by atoms with van der Waals surface area (Å²) in [6, 6.07) is 3.26. The molecule has 0 heterocycles. The molecule has 1 aromatic carbocycles. The predicted molar refractivity (Wildman–Crippen MR) is 133 cm³/mol. The Balaban J connectivity index is 1.99. The van der Waals surface area contributed by atoms with Crippen molar-refractivity contribution in [2.75, 3.05) is 0 Å². The number of rotatable bonds is 7. The second-order valence-electron chi connectivity index (χ2n) is 11.0. The average molecular weight is 569 g/mol. The van der Waals surface area contributed by atoms with Gasteiger partial charge in [0.05, 0.1) is 4.90 Å². The summed E-state index contributed by atoms with van der Waals surface area (Å²) < 4.78 is 118. The Kier molecular flexibility index (Phi) is 8.37. The van der Waals surface area contributed by atoms with Crippen molar-refractivity contribution in [3.8, 4) is 0 Å². The molecule has 1 aromatic rings. The molecule has 3 fully saturated rings. The van der Waals surface area contributed by atoms with E-state index in [0.29, 0.717) is 25.7 Å². The Hall–Kier alpha value is -1.20. The highest BCUT2D eigenvalue weighted by Crippen LogP contribution is 2.51. The molecule has 37 heavy (non-hydrogen) atoms. The SMILES string of the molecule is O=S(=O)(O)C(F)(F)C(F)(F)S(=O)(=O)c1c(C2CCCCC2)cc(C2CCCCC2)cc1C1CCCCC1. The van der Waals surface area contributed by atoms with Crippen LogP contribution in [0.1, 0.15) is 131 Å². The zero-order chi connectivity index (χ0) is 27.1. The zero-order valence-electron chi connectivity index (χ0n) is 20.9. The van der Waals surface area contributed by atoms with Crippen LogP contribution in [-0.2, 0) is 20.0 Å². The number of benzene rings is 1. The Morgan fingerprint density at radius 1 is 0.595 bits per heavy atom. The maximum Gasteiger partial charge on any atom is 0.447 e. The molecule has 210 valence electrons. The number of alkyl halides is 4. The highest BCUT2D eigenvalue weighted by atomic mass is 32.2. The first-order chi connectivity index (χ1) is 17.3. The van der Waals surface area contributed by atoms with Gasteiger partial charge in [-0.25, -0.2) is 8.42 Å². The van der Waals surface area contributed by atoms with Gasteiger partial charge in [0.2, 0.25) is 0 Å². The van der Waals surface area contributed by atoms with Crippen molar-refractivity contribution in [2.24, 2.45) is 0 Å². The lowest BCUT2D eigenvalue weighted by Gasteiger charge is -2.34. The summed E-state index contributed by atoms with van der Waals surface area (Å²) >= 11 is 0. The molecule has 3 aliphatic rings. The van der Waals surface area contributed by atoms with Gasteiger partial charge in [-0.2, -0.15) is 26.0 Å². The van der Waals surface area contributed by atoms with Crippen molar-refractivity contribution in [1.29, 1.82) is 0 Å². The molecular formula is C26H36F4O5S2. The van der Waals surface area contributed by atoms with Crippen molar-refractivity contribution in [3.05, 3.63) is 28.8 Å². The van der Waals surface area contributed by atoms with Crippen molar-refractivity contribution < 1.29 is 39.0 Å². The molecule has 0 aromatic heterocycles. The molecule has 3 saturated carbocycles. The average Bonchev–Trinajstić information content (AvgIpc) is 2.88. The monoisotopic (exact) mass is 568 g/mol. The van der Waals surface area contributed by atoms with E-state index in [2.05, 4.69) is 0 Å². The summed E-state index contributed by atoms with van der Waals surface area (Å²) in [5.74, 6) is -0.672. The largest absolute Gasteiger partial charge is 0.447 e. The summed E-state index contributed by atoms with van der Waals surface area (Å²) in [5, 5.41) is -12.2. The molecular weight excluding hydrogens is 532 g/mol. The second kappa shape index (κ2) is 10.8. The summed E-state index contributed by atoms with van der Waals surface area (Å²) in [5.41, 5.74) is 1.10. The van der Waals surface area contributed by atoms with Crippen LogP contribution in [-0.4, -0.2) is 31.9 Å². The molecule has 0 spiro atoms. The van der Waals surface area contributed by atoms with Gasteiger partial charge in [0.25, 0.3) is 9.84 Å². The summed E-state index contributed by atoms with van der Waals surface area (Å²) in [4.78, 5) is -0.834. The Bertz CT molecular complexity index is 1140. The standard InChI is InChI=1S/C26H36F4O5S2/c27-25(28,26(29,30)37(33,34)35)36(31,32)24-22(19-12-6-2-7-13-19)16-21(18-10-4-1-5-11-18)17-23(24)20-14-8-3-9-15-20/h16-20H,1-15H2,(H,33,34,35). The lowest BCUT2D eigenvalue weighted by molar-refractivity contribution is -0.101. The van der Waals surface area contributed by atoms with E-state index in [1.54, 1.807) is 12.1 Å². The second-order valence-corrected chi connectivity index (χ2v) is 14.4. The lowest BCUT2D eigenvalue weighted by Crippen LogP contribution is -2.52. The summed E-state index contributed by atoms with van der Waals surface area (Å²) in [6.07, 6.45) is 11.9. The maximum atomic E-state index is 15.2. The molecule has 1 N–H and O–H groups in total. The van der Waals surface area contributed by atoms with Gasteiger partial charge in [0.15, 0.2) is 0 Å². The number of hydrogen-bond donors (Lipinski definition) is 1. The third-order valence-electron chi connectivity index (χ3n) is 8.60. The first kappa shape index (κ1) is 28.8. The van der Waals surface area contributed by atoms with Crippen LogP contribution in [0.2, 0.25) is 0 Å². The topological polar surface area (TPSA) is 88.5 Å². The zero-order valence-corrected chi connectivity index (χ0v) is 22.5. The highest BCUT2D eigenvalue weighted by Gasteiger charge is 2.74. The Morgan fingerprint density at radius 2 is 0.946 bits per heavy atom. The van der Waals surface area contributed by atoms with E-state index in [9.17, 15) is 25.6 Å². The van der Waals surface area contributed by atoms with Crippen LogP contribution in [0.4, 0.5) is 17.6 Å². The van der Waals surface area contributed by atoms with Crippen molar-refractivity contribution in [3.63, 3.8) is 0 Å². The number of halogens is 4.